The minimum Gasteiger partial charge on any atom is -0.457 e. The second kappa shape index (κ2) is 11.1. The molecule has 0 fully saturated rings. The monoisotopic (exact) mass is 378 g/mol. The van der Waals surface area contributed by atoms with E-state index >= 15 is 0 Å². The van der Waals surface area contributed by atoms with Crippen molar-refractivity contribution in [3.63, 3.8) is 0 Å². The van der Waals surface area contributed by atoms with E-state index in [-0.39, 0.29) is 5.78 Å². The van der Waals surface area contributed by atoms with E-state index in [1.54, 1.807) is 6.08 Å². The van der Waals surface area contributed by atoms with Gasteiger partial charge in [-0.1, -0.05) is 103 Å². The molecule has 0 N–H and O–H groups in total. The molecular formula is C27H22O2. The quantitative estimate of drug-likeness (QED) is 0.274. The van der Waals surface area contributed by atoms with Crippen LogP contribution < -0.4 is 4.74 Å². The topological polar surface area (TPSA) is 26.3 Å². The van der Waals surface area contributed by atoms with Gasteiger partial charge in [0, 0.05) is 5.56 Å². The molecule has 4 aromatic rings. The molecule has 0 saturated heterocycles. The standard InChI is InChI=1S/C15H12O.C12H10O/c16-15(14-9-5-2-6-10-14)12-11-13-7-3-1-4-8-13;1-3-7-11(8-4-1)13-12-9-5-2-6-10-12/h1-12H;1-10H. The highest BCUT2D eigenvalue weighted by atomic mass is 16.5. The minimum absolute atomic E-state index is 0.0319. The summed E-state index contributed by atoms with van der Waals surface area (Å²) in [6.45, 7) is 0. The van der Waals surface area contributed by atoms with Gasteiger partial charge in [-0.3, -0.25) is 4.79 Å². The molecule has 0 spiro atoms. The van der Waals surface area contributed by atoms with Crippen LogP contribution in [0, 0.1) is 0 Å². The van der Waals surface area contributed by atoms with E-state index in [0.717, 1.165) is 22.6 Å². The van der Waals surface area contributed by atoms with Crippen molar-refractivity contribution >= 4 is 11.9 Å². The average Bonchev–Trinajstić information content (AvgIpc) is 2.80. The zero-order valence-corrected chi connectivity index (χ0v) is 16.0. The molecule has 4 aromatic carbocycles. The van der Waals surface area contributed by atoms with Gasteiger partial charge in [-0.15, -0.1) is 0 Å². The second-order valence-electron chi connectivity index (χ2n) is 6.20. The molecular weight excluding hydrogens is 356 g/mol. The number of benzene rings is 4. The van der Waals surface area contributed by atoms with Crippen molar-refractivity contribution in [3.8, 4) is 11.5 Å². The van der Waals surface area contributed by atoms with Gasteiger partial charge in [0.2, 0.25) is 0 Å². The molecule has 0 bridgehead atoms. The Morgan fingerprint density at radius 1 is 0.552 bits per heavy atom. The van der Waals surface area contributed by atoms with E-state index in [1.807, 2.05) is 127 Å². The van der Waals surface area contributed by atoms with Crippen LogP contribution in [0.2, 0.25) is 0 Å². The first-order chi connectivity index (χ1) is 14.3. The van der Waals surface area contributed by atoms with E-state index in [9.17, 15) is 4.79 Å². The van der Waals surface area contributed by atoms with E-state index in [0.29, 0.717) is 0 Å². The molecule has 0 aliphatic carbocycles. The summed E-state index contributed by atoms with van der Waals surface area (Å²) in [6.07, 6.45) is 3.43. The van der Waals surface area contributed by atoms with Crippen molar-refractivity contribution in [2.45, 2.75) is 0 Å². The number of allylic oxidation sites excluding steroid dienone is 1. The summed E-state index contributed by atoms with van der Waals surface area (Å²) < 4.78 is 5.58. The highest BCUT2D eigenvalue weighted by Gasteiger charge is 1.98. The summed E-state index contributed by atoms with van der Waals surface area (Å²) >= 11 is 0. The van der Waals surface area contributed by atoms with Crippen molar-refractivity contribution < 1.29 is 9.53 Å². The zero-order chi connectivity index (χ0) is 20.2. The van der Waals surface area contributed by atoms with Crippen molar-refractivity contribution in [2.75, 3.05) is 0 Å². The molecule has 0 aliphatic heterocycles. The number of ketones is 1. The summed E-state index contributed by atoms with van der Waals surface area (Å²) in [5.74, 6) is 1.77. The van der Waals surface area contributed by atoms with Crippen LogP contribution in [0.3, 0.4) is 0 Å². The molecule has 0 saturated carbocycles. The maximum Gasteiger partial charge on any atom is 0.185 e. The summed E-state index contributed by atoms with van der Waals surface area (Å²) in [7, 11) is 0. The molecule has 0 aliphatic rings. The number of hydrogen-bond donors (Lipinski definition) is 0. The lowest BCUT2D eigenvalue weighted by Crippen LogP contribution is -1.92. The maximum atomic E-state index is 11.7. The molecule has 0 amide bonds. The van der Waals surface area contributed by atoms with Gasteiger partial charge >= 0.3 is 0 Å². The number of para-hydroxylation sites is 2. The largest absolute Gasteiger partial charge is 0.457 e. The molecule has 0 atom stereocenters. The normalized spacial score (nSPS) is 10.1. The maximum absolute atomic E-state index is 11.7. The van der Waals surface area contributed by atoms with Gasteiger partial charge in [0.05, 0.1) is 0 Å². The van der Waals surface area contributed by atoms with Crippen LogP contribution in [0.5, 0.6) is 11.5 Å². The van der Waals surface area contributed by atoms with Gasteiger partial charge < -0.3 is 4.74 Å². The predicted molar refractivity (Wildman–Crippen MR) is 119 cm³/mol. The minimum atomic E-state index is 0.0319. The van der Waals surface area contributed by atoms with Gasteiger partial charge in [0.15, 0.2) is 5.78 Å². The Hall–Kier alpha value is -3.91. The molecule has 29 heavy (non-hydrogen) atoms. The first-order valence-corrected chi connectivity index (χ1v) is 9.42. The number of carbonyl (C=O) groups excluding carboxylic acids is 1. The summed E-state index contributed by atoms with van der Waals surface area (Å²) in [6, 6.07) is 38.6. The van der Waals surface area contributed by atoms with Crippen LogP contribution in [0.15, 0.2) is 127 Å². The smallest absolute Gasteiger partial charge is 0.185 e. The van der Waals surface area contributed by atoms with Crippen molar-refractivity contribution in [3.05, 3.63) is 139 Å². The third-order valence-electron chi connectivity index (χ3n) is 4.01. The van der Waals surface area contributed by atoms with Crippen LogP contribution in [-0.4, -0.2) is 5.78 Å². The molecule has 0 heterocycles. The van der Waals surface area contributed by atoms with Crippen LogP contribution in [-0.2, 0) is 0 Å². The first-order valence-electron chi connectivity index (χ1n) is 9.42. The van der Waals surface area contributed by atoms with E-state index in [4.69, 9.17) is 4.74 Å². The SMILES string of the molecule is O=C(C=Cc1ccccc1)c1ccccc1.c1ccc(Oc2ccccc2)cc1. The van der Waals surface area contributed by atoms with E-state index in [2.05, 4.69) is 0 Å². The molecule has 0 unspecified atom stereocenters. The van der Waals surface area contributed by atoms with Gasteiger partial charge in [-0.05, 0) is 35.9 Å². The van der Waals surface area contributed by atoms with Crippen LogP contribution in [0.1, 0.15) is 15.9 Å². The molecule has 2 nitrogen and oxygen atoms in total. The number of rotatable bonds is 5. The van der Waals surface area contributed by atoms with E-state index < -0.39 is 0 Å². The third-order valence-corrected chi connectivity index (χ3v) is 4.01. The van der Waals surface area contributed by atoms with Crippen molar-refractivity contribution in [1.82, 2.24) is 0 Å². The fraction of sp³-hybridized carbons (Fsp3) is 0. The van der Waals surface area contributed by atoms with Crippen LogP contribution in [0.4, 0.5) is 0 Å². The van der Waals surface area contributed by atoms with Gasteiger partial charge in [-0.25, -0.2) is 0 Å². The van der Waals surface area contributed by atoms with Crippen LogP contribution in [0.25, 0.3) is 6.08 Å². The summed E-state index contributed by atoms with van der Waals surface area (Å²) in [5.41, 5.74) is 1.75. The Morgan fingerprint density at radius 2 is 0.966 bits per heavy atom. The summed E-state index contributed by atoms with van der Waals surface area (Å²) in [4.78, 5) is 11.7. The number of hydrogen-bond acceptors (Lipinski definition) is 2. The Morgan fingerprint density at radius 3 is 1.45 bits per heavy atom. The Labute approximate surface area is 171 Å². The molecule has 4 rings (SSSR count). The highest BCUT2D eigenvalue weighted by molar-refractivity contribution is 6.06. The Balaban J connectivity index is 0.000000169. The van der Waals surface area contributed by atoms with E-state index in [1.165, 1.54) is 0 Å². The lowest BCUT2D eigenvalue weighted by atomic mass is 10.1. The lowest BCUT2D eigenvalue weighted by molar-refractivity contribution is 0.104. The Kier molecular flexibility index (Phi) is 7.56. The van der Waals surface area contributed by atoms with Crippen molar-refractivity contribution in [2.24, 2.45) is 0 Å². The predicted octanol–water partition coefficient (Wildman–Crippen LogP) is 7.06. The zero-order valence-electron chi connectivity index (χ0n) is 16.0. The third kappa shape index (κ3) is 6.96. The van der Waals surface area contributed by atoms with Gasteiger partial charge in [0.1, 0.15) is 11.5 Å². The van der Waals surface area contributed by atoms with Crippen molar-refractivity contribution in [1.29, 1.82) is 0 Å². The fourth-order valence-corrected chi connectivity index (χ4v) is 2.55. The highest BCUT2D eigenvalue weighted by Crippen LogP contribution is 2.19. The van der Waals surface area contributed by atoms with Gasteiger partial charge in [-0.2, -0.15) is 0 Å². The number of ether oxygens (including phenoxy) is 1. The summed E-state index contributed by atoms with van der Waals surface area (Å²) in [5, 5.41) is 0. The Bertz CT molecular complexity index is 972. The first kappa shape index (κ1) is 19.8. The number of carbonyl (C=O) groups is 1. The second-order valence-corrected chi connectivity index (χ2v) is 6.20. The molecule has 0 aromatic heterocycles. The molecule has 142 valence electrons. The fourth-order valence-electron chi connectivity index (χ4n) is 2.55. The molecule has 0 radical (unpaired) electrons. The van der Waals surface area contributed by atoms with Gasteiger partial charge in [0.25, 0.3) is 0 Å². The lowest BCUT2D eigenvalue weighted by Gasteiger charge is -2.03. The van der Waals surface area contributed by atoms with Crippen LogP contribution >= 0.6 is 0 Å². The average molecular weight is 378 g/mol. The molecule has 2 heteroatoms.